The van der Waals surface area contributed by atoms with E-state index < -0.39 is 10.8 Å². The van der Waals surface area contributed by atoms with Crippen LogP contribution in [0.5, 0.6) is 0 Å². The van der Waals surface area contributed by atoms with Crippen LogP contribution >= 0.6 is 0 Å². The van der Waals surface area contributed by atoms with Gasteiger partial charge in [-0.1, -0.05) is 18.2 Å². The summed E-state index contributed by atoms with van der Waals surface area (Å²) in [6, 6.07) is 10.9. The molecule has 0 radical (unpaired) electrons. The average molecular weight is 271 g/mol. The molecule has 0 saturated heterocycles. The fourth-order valence-corrected chi connectivity index (χ4v) is 1.75. The average Bonchev–Trinajstić information content (AvgIpc) is 2.41. The van der Waals surface area contributed by atoms with Crippen LogP contribution in [0.3, 0.4) is 0 Å². The molecule has 0 aliphatic rings. The Hall–Kier alpha value is -2.89. The van der Waals surface area contributed by atoms with Crippen LogP contribution in [0, 0.1) is 17.0 Å². The molecule has 2 aromatic rings. The largest absolute Gasteiger partial charge is 0.398 e. The molecule has 0 atom stereocenters. The van der Waals surface area contributed by atoms with Gasteiger partial charge in [-0.3, -0.25) is 14.9 Å². The van der Waals surface area contributed by atoms with Crippen molar-refractivity contribution in [3.8, 4) is 0 Å². The topological polar surface area (TPSA) is 98.3 Å². The Balaban J connectivity index is 2.30. The van der Waals surface area contributed by atoms with Crippen molar-refractivity contribution in [3.63, 3.8) is 0 Å². The predicted octanol–water partition coefficient (Wildman–Crippen LogP) is 2.74. The zero-order chi connectivity index (χ0) is 14.7. The first kappa shape index (κ1) is 13.5. The maximum absolute atomic E-state index is 12.1. The van der Waals surface area contributed by atoms with E-state index in [4.69, 9.17) is 5.73 Å². The van der Waals surface area contributed by atoms with E-state index >= 15 is 0 Å². The maximum Gasteiger partial charge on any atom is 0.271 e. The highest BCUT2D eigenvalue weighted by Crippen LogP contribution is 2.23. The zero-order valence-electron chi connectivity index (χ0n) is 10.8. The second-order valence-electron chi connectivity index (χ2n) is 4.30. The number of nitrogens with zero attached hydrogens (tertiary/aromatic N) is 1. The van der Waals surface area contributed by atoms with Crippen molar-refractivity contribution in [1.29, 1.82) is 0 Å². The Morgan fingerprint density at radius 1 is 1.25 bits per heavy atom. The van der Waals surface area contributed by atoms with E-state index in [0.717, 1.165) is 5.56 Å². The van der Waals surface area contributed by atoms with E-state index in [-0.39, 0.29) is 5.69 Å². The number of rotatable bonds is 3. The Kier molecular flexibility index (Phi) is 3.65. The van der Waals surface area contributed by atoms with Crippen molar-refractivity contribution < 1.29 is 9.72 Å². The molecule has 20 heavy (non-hydrogen) atoms. The number of nitro groups is 1. The van der Waals surface area contributed by atoms with Gasteiger partial charge in [0, 0.05) is 17.8 Å². The second kappa shape index (κ2) is 5.40. The van der Waals surface area contributed by atoms with Gasteiger partial charge in [-0.15, -0.1) is 0 Å². The normalized spacial score (nSPS) is 10.1. The Bertz CT molecular complexity index is 683. The Labute approximate surface area is 115 Å². The number of hydrogen-bond donors (Lipinski definition) is 2. The molecule has 0 aliphatic carbocycles. The van der Waals surface area contributed by atoms with Crippen molar-refractivity contribution in [2.24, 2.45) is 0 Å². The van der Waals surface area contributed by atoms with Crippen LogP contribution in [0.4, 0.5) is 17.1 Å². The molecule has 0 heterocycles. The van der Waals surface area contributed by atoms with E-state index in [2.05, 4.69) is 5.32 Å². The van der Waals surface area contributed by atoms with Crippen LogP contribution in [0.25, 0.3) is 0 Å². The first-order valence-corrected chi connectivity index (χ1v) is 5.90. The van der Waals surface area contributed by atoms with Gasteiger partial charge in [-0.2, -0.15) is 0 Å². The lowest BCUT2D eigenvalue weighted by molar-refractivity contribution is -0.384. The molecule has 0 aromatic heterocycles. The van der Waals surface area contributed by atoms with Crippen LogP contribution in [-0.2, 0) is 0 Å². The number of anilines is 2. The number of para-hydroxylation sites is 1. The van der Waals surface area contributed by atoms with Crippen molar-refractivity contribution in [3.05, 3.63) is 63.7 Å². The molecule has 0 fully saturated rings. The number of nitro benzene ring substituents is 1. The lowest BCUT2D eigenvalue weighted by atomic mass is 10.1. The molecule has 6 nitrogen and oxygen atoms in total. The molecule has 0 bridgehead atoms. The summed E-state index contributed by atoms with van der Waals surface area (Å²) in [5.74, 6) is -0.397. The molecule has 2 rings (SSSR count). The van der Waals surface area contributed by atoms with Crippen molar-refractivity contribution in [2.75, 3.05) is 11.1 Å². The number of aryl methyl sites for hydroxylation is 1. The molecular formula is C14H13N3O3. The smallest absolute Gasteiger partial charge is 0.271 e. The van der Waals surface area contributed by atoms with Crippen LogP contribution < -0.4 is 11.1 Å². The lowest BCUT2D eigenvalue weighted by Gasteiger charge is -2.09. The first-order valence-electron chi connectivity index (χ1n) is 5.90. The molecule has 102 valence electrons. The standard InChI is InChI=1S/C14H13N3O3/c1-9-6-7-10(17(19)20)8-13(9)16-14(18)11-4-2-3-5-12(11)15/h2-8H,15H2,1H3,(H,16,18). The molecule has 1 amide bonds. The number of carbonyl (C=O) groups excluding carboxylic acids is 1. The fraction of sp³-hybridized carbons (Fsp3) is 0.0714. The SMILES string of the molecule is Cc1ccc([N+](=O)[O-])cc1NC(=O)c1ccccc1N. The number of carbonyl (C=O) groups is 1. The summed E-state index contributed by atoms with van der Waals surface area (Å²) < 4.78 is 0. The third-order valence-electron chi connectivity index (χ3n) is 2.89. The van der Waals surface area contributed by atoms with E-state index in [1.165, 1.54) is 12.1 Å². The Morgan fingerprint density at radius 2 is 1.95 bits per heavy atom. The molecule has 3 N–H and O–H groups in total. The van der Waals surface area contributed by atoms with Crippen molar-refractivity contribution in [1.82, 2.24) is 0 Å². The van der Waals surface area contributed by atoms with Crippen molar-refractivity contribution in [2.45, 2.75) is 6.92 Å². The minimum Gasteiger partial charge on any atom is -0.398 e. The van der Waals surface area contributed by atoms with Gasteiger partial charge >= 0.3 is 0 Å². The highest BCUT2D eigenvalue weighted by Gasteiger charge is 2.13. The van der Waals surface area contributed by atoms with Gasteiger partial charge in [0.25, 0.3) is 11.6 Å². The number of nitrogens with two attached hydrogens (primary N) is 1. The number of benzene rings is 2. The summed E-state index contributed by atoms with van der Waals surface area (Å²) in [7, 11) is 0. The number of hydrogen-bond acceptors (Lipinski definition) is 4. The highest BCUT2D eigenvalue weighted by molar-refractivity contribution is 6.08. The van der Waals surface area contributed by atoms with Gasteiger partial charge in [0.2, 0.25) is 0 Å². The number of nitrogens with one attached hydrogen (secondary N) is 1. The van der Waals surface area contributed by atoms with E-state index in [9.17, 15) is 14.9 Å². The zero-order valence-corrected chi connectivity index (χ0v) is 10.8. The van der Waals surface area contributed by atoms with Crippen LogP contribution in [0.15, 0.2) is 42.5 Å². The predicted molar refractivity (Wildman–Crippen MR) is 76.6 cm³/mol. The second-order valence-corrected chi connectivity index (χ2v) is 4.30. The third-order valence-corrected chi connectivity index (χ3v) is 2.89. The summed E-state index contributed by atoms with van der Waals surface area (Å²) in [5, 5.41) is 13.4. The van der Waals surface area contributed by atoms with Crippen molar-refractivity contribution >= 4 is 23.0 Å². The maximum atomic E-state index is 12.1. The van der Waals surface area contributed by atoms with Crippen LogP contribution in [0.2, 0.25) is 0 Å². The molecule has 0 unspecified atom stereocenters. The molecule has 0 saturated carbocycles. The molecular weight excluding hydrogens is 258 g/mol. The monoisotopic (exact) mass is 271 g/mol. The molecule has 0 spiro atoms. The third kappa shape index (κ3) is 2.74. The number of non-ortho nitro benzene ring substituents is 1. The Morgan fingerprint density at radius 3 is 2.60 bits per heavy atom. The number of amides is 1. The first-order chi connectivity index (χ1) is 9.49. The summed E-state index contributed by atoms with van der Waals surface area (Å²) in [5.41, 5.74) is 7.46. The molecule has 6 heteroatoms. The molecule has 0 aliphatic heterocycles. The minimum atomic E-state index is -0.508. The van der Waals surface area contributed by atoms with E-state index in [1.54, 1.807) is 37.3 Å². The summed E-state index contributed by atoms with van der Waals surface area (Å²) >= 11 is 0. The van der Waals surface area contributed by atoms with Gasteiger partial charge in [-0.25, -0.2) is 0 Å². The van der Waals surface area contributed by atoms with Gasteiger partial charge in [-0.05, 0) is 24.6 Å². The van der Waals surface area contributed by atoms with E-state index in [1.807, 2.05) is 0 Å². The summed E-state index contributed by atoms with van der Waals surface area (Å²) in [4.78, 5) is 22.3. The van der Waals surface area contributed by atoms with Crippen LogP contribution in [0.1, 0.15) is 15.9 Å². The van der Waals surface area contributed by atoms with Gasteiger partial charge in [0.15, 0.2) is 0 Å². The van der Waals surface area contributed by atoms with Gasteiger partial charge in [0.05, 0.1) is 16.2 Å². The van der Waals surface area contributed by atoms with E-state index in [0.29, 0.717) is 16.9 Å². The lowest BCUT2D eigenvalue weighted by Crippen LogP contribution is -2.14. The molecule has 2 aromatic carbocycles. The number of nitrogen functional groups attached to an aromatic ring is 1. The minimum absolute atomic E-state index is 0.0769. The summed E-state index contributed by atoms with van der Waals surface area (Å²) in [6.07, 6.45) is 0. The fourth-order valence-electron chi connectivity index (χ4n) is 1.75. The quantitative estimate of drug-likeness (QED) is 0.509. The summed E-state index contributed by atoms with van der Waals surface area (Å²) in [6.45, 7) is 1.76. The highest BCUT2D eigenvalue weighted by atomic mass is 16.6. The van der Waals surface area contributed by atoms with Crippen LogP contribution in [-0.4, -0.2) is 10.8 Å². The van der Waals surface area contributed by atoms with Gasteiger partial charge < -0.3 is 11.1 Å². The van der Waals surface area contributed by atoms with Gasteiger partial charge in [0.1, 0.15) is 0 Å².